The van der Waals surface area contributed by atoms with Crippen molar-refractivity contribution < 1.29 is 17.9 Å². The number of hydrogen-bond acceptors (Lipinski definition) is 3. The lowest BCUT2D eigenvalue weighted by atomic mass is 10.1. The van der Waals surface area contributed by atoms with Gasteiger partial charge in [0, 0.05) is 19.2 Å². The van der Waals surface area contributed by atoms with E-state index in [1.54, 1.807) is 25.2 Å². The third kappa shape index (κ3) is 5.94. The van der Waals surface area contributed by atoms with Gasteiger partial charge in [-0.25, -0.2) is 0 Å². The van der Waals surface area contributed by atoms with Crippen molar-refractivity contribution in [2.45, 2.75) is 33.1 Å². The molecule has 0 atom stereocenters. The zero-order valence-corrected chi connectivity index (χ0v) is 15.7. The van der Waals surface area contributed by atoms with E-state index in [0.29, 0.717) is 11.3 Å². The van der Waals surface area contributed by atoms with E-state index in [4.69, 9.17) is 4.74 Å². The Bertz CT molecular complexity index is 809. The first-order valence-corrected chi connectivity index (χ1v) is 8.72. The Hall–Kier alpha value is -2.63. The van der Waals surface area contributed by atoms with Crippen molar-refractivity contribution in [3.63, 3.8) is 0 Å². The first-order chi connectivity index (χ1) is 12.8. The van der Waals surface area contributed by atoms with Crippen molar-refractivity contribution in [3.05, 3.63) is 65.2 Å². The van der Waals surface area contributed by atoms with Crippen molar-refractivity contribution in [1.82, 2.24) is 0 Å². The van der Waals surface area contributed by atoms with E-state index in [-0.39, 0.29) is 6.61 Å². The molecule has 0 saturated heterocycles. The van der Waals surface area contributed by atoms with Crippen LogP contribution in [0.5, 0.6) is 5.75 Å². The van der Waals surface area contributed by atoms with Crippen molar-refractivity contribution in [2.75, 3.05) is 13.6 Å². The fourth-order valence-corrected chi connectivity index (χ4v) is 2.57. The fourth-order valence-electron chi connectivity index (χ4n) is 2.57. The maximum absolute atomic E-state index is 12.8. The largest absolute Gasteiger partial charge is 0.489 e. The highest BCUT2D eigenvalue weighted by Gasteiger charge is 2.30. The molecule has 0 heterocycles. The SMILES string of the molecule is CCCN=C(C)C(=NC)c1ccc(OCc2cccc(C(F)(F)F)c2)cc1. The lowest BCUT2D eigenvalue weighted by Gasteiger charge is -2.11. The highest BCUT2D eigenvalue weighted by Crippen LogP contribution is 2.29. The van der Waals surface area contributed by atoms with E-state index in [0.717, 1.165) is 42.1 Å². The number of ether oxygens (including phenoxy) is 1. The summed E-state index contributed by atoms with van der Waals surface area (Å²) in [5.74, 6) is 0.578. The van der Waals surface area contributed by atoms with Crippen LogP contribution in [0, 0.1) is 0 Å². The third-order valence-electron chi connectivity index (χ3n) is 3.93. The van der Waals surface area contributed by atoms with Gasteiger partial charge in [0.15, 0.2) is 0 Å². The molecule has 0 aliphatic carbocycles. The standard InChI is InChI=1S/C21H23F3N2O/c1-4-12-26-15(2)20(25-3)17-8-10-19(11-9-17)27-14-16-6-5-7-18(13-16)21(22,23)24/h5-11,13H,4,12,14H2,1-3H3. The number of alkyl halides is 3. The Morgan fingerprint density at radius 1 is 1.07 bits per heavy atom. The summed E-state index contributed by atoms with van der Waals surface area (Å²) in [6.45, 7) is 4.81. The average Bonchev–Trinajstić information content (AvgIpc) is 2.66. The summed E-state index contributed by atoms with van der Waals surface area (Å²) >= 11 is 0. The molecule has 2 rings (SSSR count). The maximum Gasteiger partial charge on any atom is 0.416 e. The number of halogens is 3. The van der Waals surface area contributed by atoms with Crippen LogP contribution in [-0.2, 0) is 12.8 Å². The van der Waals surface area contributed by atoms with Crippen LogP contribution >= 0.6 is 0 Å². The molecule has 0 N–H and O–H groups in total. The predicted octanol–water partition coefficient (Wildman–Crippen LogP) is 5.57. The minimum Gasteiger partial charge on any atom is -0.489 e. The van der Waals surface area contributed by atoms with E-state index in [1.165, 1.54) is 6.07 Å². The van der Waals surface area contributed by atoms with Crippen LogP contribution in [0.1, 0.15) is 37.0 Å². The summed E-state index contributed by atoms with van der Waals surface area (Å²) in [6, 6.07) is 12.4. The van der Waals surface area contributed by atoms with Gasteiger partial charge in [-0.2, -0.15) is 13.2 Å². The Morgan fingerprint density at radius 2 is 1.78 bits per heavy atom. The molecule has 0 aliphatic heterocycles. The van der Waals surface area contributed by atoms with Crippen molar-refractivity contribution >= 4 is 11.4 Å². The first-order valence-electron chi connectivity index (χ1n) is 8.72. The normalized spacial score (nSPS) is 13.0. The van der Waals surface area contributed by atoms with Gasteiger partial charge in [0.2, 0.25) is 0 Å². The number of rotatable bonds is 7. The van der Waals surface area contributed by atoms with Crippen LogP contribution < -0.4 is 4.74 Å². The highest BCUT2D eigenvalue weighted by atomic mass is 19.4. The summed E-state index contributed by atoms with van der Waals surface area (Å²) in [6.07, 6.45) is -3.39. The van der Waals surface area contributed by atoms with Crippen molar-refractivity contribution in [1.29, 1.82) is 0 Å². The molecule has 0 aliphatic rings. The van der Waals surface area contributed by atoms with Gasteiger partial charge in [0.1, 0.15) is 12.4 Å². The van der Waals surface area contributed by atoms with E-state index in [1.807, 2.05) is 19.1 Å². The molecular weight excluding hydrogens is 353 g/mol. The second-order valence-corrected chi connectivity index (χ2v) is 6.05. The van der Waals surface area contributed by atoms with Gasteiger partial charge in [-0.05, 0) is 55.3 Å². The van der Waals surface area contributed by atoms with Crippen LogP contribution in [-0.4, -0.2) is 25.0 Å². The second-order valence-electron chi connectivity index (χ2n) is 6.05. The summed E-state index contributed by atoms with van der Waals surface area (Å²) in [5.41, 5.74) is 2.39. The molecule has 27 heavy (non-hydrogen) atoms. The average molecular weight is 376 g/mol. The van der Waals surface area contributed by atoms with E-state index in [9.17, 15) is 13.2 Å². The van der Waals surface area contributed by atoms with E-state index >= 15 is 0 Å². The van der Waals surface area contributed by atoms with Gasteiger partial charge in [0.25, 0.3) is 0 Å². The molecule has 0 bridgehead atoms. The van der Waals surface area contributed by atoms with Crippen LogP contribution in [0.25, 0.3) is 0 Å². The van der Waals surface area contributed by atoms with Gasteiger partial charge in [-0.3, -0.25) is 9.98 Å². The topological polar surface area (TPSA) is 34.0 Å². The van der Waals surface area contributed by atoms with Crippen molar-refractivity contribution in [2.24, 2.45) is 9.98 Å². The number of benzene rings is 2. The number of hydrogen-bond donors (Lipinski definition) is 0. The van der Waals surface area contributed by atoms with Gasteiger partial charge in [0.05, 0.1) is 17.0 Å². The molecule has 2 aromatic carbocycles. The number of nitrogens with zero attached hydrogens (tertiary/aromatic N) is 2. The monoisotopic (exact) mass is 376 g/mol. The third-order valence-corrected chi connectivity index (χ3v) is 3.93. The summed E-state index contributed by atoms with van der Waals surface area (Å²) < 4.78 is 43.9. The fraction of sp³-hybridized carbons (Fsp3) is 0.333. The predicted molar refractivity (Wildman–Crippen MR) is 103 cm³/mol. The quantitative estimate of drug-likeness (QED) is 0.581. The molecule has 0 spiro atoms. The summed E-state index contributed by atoms with van der Waals surface area (Å²) in [7, 11) is 1.72. The minimum atomic E-state index is -4.36. The molecule has 3 nitrogen and oxygen atoms in total. The molecule has 0 amide bonds. The molecule has 0 aromatic heterocycles. The van der Waals surface area contributed by atoms with E-state index in [2.05, 4.69) is 16.9 Å². The van der Waals surface area contributed by atoms with Gasteiger partial charge in [-0.15, -0.1) is 0 Å². The van der Waals surface area contributed by atoms with Gasteiger partial charge >= 0.3 is 6.18 Å². The second kappa shape index (κ2) is 9.35. The lowest BCUT2D eigenvalue weighted by molar-refractivity contribution is -0.137. The molecular formula is C21H23F3N2O. The molecule has 144 valence electrons. The number of aliphatic imine (C=N–C) groups is 2. The van der Waals surface area contributed by atoms with Crippen LogP contribution in [0.3, 0.4) is 0 Å². The van der Waals surface area contributed by atoms with Gasteiger partial charge < -0.3 is 4.74 Å². The molecule has 0 saturated carbocycles. The molecule has 0 unspecified atom stereocenters. The maximum atomic E-state index is 12.8. The first kappa shape index (κ1) is 20.7. The lowest BCUT2D eigenvalue weighted by Crippen LogP contribution is -2.12. The Balaban J connectivity index is 2.06. The minimum absolute atomic E-state index is 0.0645. The zero-order valence-electron chi connectivity index (χ0n) is 15.7. The molecule has 6 heteroatoms. The Morgan fingerprint density at radius 3 is 2.37 bits per heavy atom. The van der Waals surface area contributed by atoms with Crippen LogP contribution in [0.2, 0.25) is 0 Å². The van der Waals surface area contributed by atoms with Crippen LogP contribution in [0.4, 0.5) is 13.2 Å². The Labute approximate surface area is 157 Å². The van der Waals surface area contributed by atoms with Crippen LogP contribution in [0.15, 0.2) is 58.5 Å². The van der Waals surface area contributed by atoms with Gasteiger partial charge in [-0.1, -0.05) is 19.1 Å². The van der Waals surface area contributed by atoms with E-state index < -0.39 is 11.7 Å². The molecule has 0 fully saturated rings. The Kier molecular flexibility index (Phi) is 7.16. The highest BCUT2D eigenvalue weighted by molar-refractivity contribution is 6.47. The summed E-state index contributed by atoms with van der Waals surface area (Å²) in [4.78, 5) is 8.78. The van der Waals surface area contributed by atoms with Crippen molar-refractivity contribution in [3.8, 4) is 5.75 Å². The molecule has 2 aromatic rings. The summed E-state index contributed by atoms with van der Waals surface area (Å²) in [5, 5.41) is 0. The smallest absolute Gasteiger partial charge is 0.416 e. The zero-order chi connectivity index (χ0) is 19.9. The molecule has 0 radical (unpaired) electrons.